The lowest BCUT2D eigenvalue weighted by Gasteiger charge is -2.25. The normalized spacial score (nSPS) is 18.3. The molecule has 0 saturated carbocycles. The second kappa shape index (κ2) is 10.0. The minimum Gasteiger partial charge on any atom is -0.497 e. The van der Waals surface area contributed by atoms with Gasteiger partial charge in [-0.2, -0.15) is 0 Å². The zero-order valence-corrected chi connectivity index (χ0v) is 21.8. The largest absolute Gasteiger partial charge is 0.497 e. The summed E-state index contributed by atoms with van der Waals surface area (Å²) in [5.74, 6) is 0.667. The molecule has 0 bridgehead atoms. The number of hydrogen-bond donors (Lipinski definition) is 1. The third kappa shape index (κ3) is 4.08. The van der Waals surface area contributed by atoms with Gasteiger partial charge in [0.1, 0.15) is 22.9 Å². The maximum atomic E-state index is 14.0. The summed E-state index contributed by atoms with van der Waals surface area (Å²) >= 11 is 0. The van der Waals surface area contributed by atoms with E-state index in [0.717, 1.165) is 17.6 Å². The van der Waals surface area contributed by atoms with E-state index in [1.807, 2.05) is 24.3 Å². The van der Waals surface area contributed by atoms with Crippen molar-refractivity contribution in [1.29, 1.82) is 0 Å². The predicted octanol–water partition coefficient (Wildman–Crippen LogP) is 3.40. The molecule has 1 aliphatic carbocycles. The van der Waals surface area contributed by atoms with Crippen molar-refractivity contribution in [2.75, 3.05) is 21.3 Å². The number of carbonyl (C=O) groups is 1. The van der Waals surface area contributed by atoms with E-state index in [2.05, 4.69) is 34.8 Å². The van der Waals surface area contributed by atoms with E-state index < -0.39 is 12.0 Å². The van der Waals surface area contributed by atoms with Crippen LogP contribution in [0.3, 0.4) is 0 Å². The Morgan fingerprint density at radius 1 is 1.13 bits per heavy atom. The lowest BCUT2D eigenvalue weighted by Crippen LogP contribution is -2.40. The van der Waals surface area contributed by atoms with E-state index in [1.54, 1.807) is 32.2 Å². The van der Waals surface area contributed by atoms with Gasteiger partial charge in [-0.3, -0.25) is 9.36 Å². The highest BCUT2D eigenvalue weighted by Gasteiger charge is 2.35. The zero-order valence-electron chi connectivity index (χ0n) is 21.8. The van der Waals surface area contributed by atoms with Gasteiger partial charge >= 0.3 is 5.97 Å². The number of hydrogen-bond acceptors (Lipinski definition) is 6. The van der Waals surface area contributed by atoms with Crippen LogP contribution in [-0.2, 0) is 9.53 Å². The number of allylic oxidation sites excluding steroid dienone is 4. The van der Waals surface area contributed by atoms with E-state index in [0.29, 0.717) is 33.7 Å². The molecule has 38 heavy (non-hydrogen) atoms. The first kappa shape index (κ1) is 25.1. The van der Waals surface area contributed by atoms with Gasteiger partial charge in [-0.25, -0.2) is 9.79 Å². The smallest absolute Gasteiger partial charge is 0.338 e. The number of carbonyl (C=O) groups excluding carboxylic acids is 1. The number of nitrogens with one attached hydrogen (secondary N) is 1. The number of ether oxygens (including phenoxy) is 3. The molecule has 2 aliphatic rings. The molecule has 0 fully saturated rings. The predicted molar refractivity (Wildman–Crippen MR) is 145 cm³/mol. The Morgan fingerprint density at radius 3 is 2.63 bits per heavy atom. The average molecular weight is 512 g/mol. The van der Waals surface area contributed by atoms with Crippen LogP contribution in [0.4, 0.5) is 0 Å². The van der Waals surface area contributed by atoms with Crippen molar-refractivity contribution < 1.29 is 19.0 Å². The second-order valence-corrected chi connectivity index (χ2v) is 9.13. The minimum atomic E-state index is -0.843. The van der Waals surface area contributed by atoms with Gasteiger partial charge in [0.15, 0.2) is 0 Å². The van der Waals surface area contributed by atoms with Crippen LogP contribution < -0.4 is 26.0 Å². The fourth-order valence-corrected chi connectivity index (χ4v) is 5.28. The summed E-state index contributed by atoms with van der Waals surface area (Å²) in [6, 6.07) is 12.6. The number of aromatic nitrogens is 2. The summed E-state index contributed by atoms with van der Waals surface area (Å²) in [7, 11) is 4.40. The van der Waals surface area contributed by atoms with E-state index in [4.69, 9.17) is 14.2 Å². The van der Waals surface area contributed by atoms with Crippen molar-refractivity contribution in [2.45, 2.75) is 25.3 Å². The topological polar surface area (TPSA) is 94.9 Å². The monoisotopic (exact) mass is 511 g/mol. The fourth-order valence-electron chi connectivity index (χ4n) is 5.28. The van der Waals surface area contributed by atoms with Gasteiger partial charge in [-0.05, 0) is 54.3 Å². The molecule has 0 amide bonds. The van der Waals surface area contributed by atoms with E-state index in [9.17, 15) is 9.59 Å². The molecule has 1 N–H and O–H groups in total. The Hall–Kier alpha value is -4.59. The fraction of sp³-hybridized carbons (Fsp3) is 0.233. The molecule has 8 nitrogen and oxygen atoms in total. The van der Waals surface area contributed by atoms with Crippen molar-refractivity contribution in [2.24, 2.45) is 4.99 Å². The van der Waals surface area contributed by atoms with Crippen LogP contribution in [-0.4, -0.2) is 36.8 Å². The number of nitrogens with zero attached hydrogens (tertiary/aromatic N) is 2. The molecule has 1 aliphatic heterocycles. The summed E-state index contributed by atoms with van der Waals surface area (Å²) < 4.78 is 17.7. The van der Waals surface area contributed by atoms with Crippen LogP contribution in [0.15, 0.2) is 82.3 Å². The Labute approximate surface area is 219 Å². The molecule has 2 atom stereocenters. The summed E-state index contributed by atoms with van der Waals surface area (Å²) in [5, 5.41) is 0.356. The van der Waals surface area contributed by atoms with E-state index in [1.165, 1.54) is 24.4 Å². The van der Waals surface area contributed by atoms with Gasteiger partial charge < -0.3 is 19.2 Å². The molecule has 8 heteroatoms. The first-order valence-corrected chi connectivity index (χ1v) is 12.3. The minimum absolute atomic E-state index is 0.190. The quantitative estimate of drug-likeness (QED) is 0.388. The van der Waals surface area contributed by atoms with Gasteiger partial charge in [0.2, 0.25) is 5.62 Å². The number of fused-ring (bicyclic) bond motifs is 2. The van der Waals surface area contributed by atoms with Crippen molar-refractivity contribution in [3.63, 3.8) is 0 Å². The molecule has 5 rings (SSSR count). The maximum Gasteiger partial charge on any atom is 0.338 e. The summed E-state index contributed by atoms with van der Waals surface area (Å²) in [5.41, 5.74) is 4.48. The SMILES string of the molecule is C=CCC1C=C(C=c2[nH]c3n(c2=O)C(c2cc(OC)ccc2OC)C(C(=O)OC)=C(C)N=3)c2ccccc21. The van der Waals surface area contributed by atoms with Crippen molar-refractivity contribution in [3.05, 3.63) is 110 Å². The highest BCUT2D eigenvalue weighted by molar-refractivity contribution is 5.93. The number of esters is 1. The van der Waals surface area contributed by atoms with Crippen LogP contribution in [0.5, 0.6) is 11.5 Å². The molecule has 3 aromatic rings. The van der Waals surface area contributed by atoms with Crippen LogP contribution in [0.1, 0.15) is 42.0 Å². The molecular formula is C30H29N3O5. The van der Waals surface area contributed by atoms with Crippen molar-refractivity contribution >= 4 is 17.6 Å². The number of imidazole rings is 1. The van der Waals surface area contributed by atoms with Gasteiger partial charge in [0.05, 0.1) is 32.6 Å². The van der Waals surface area contributed by atoms with Crippen LogP contribution in [0.2, 0.25) is 0 Å². The Morgan fingerprint density at radius 2 is 1.92 bits per heavy atom. The maximum absolute atomic E-state index is 14.0. The Bertz CT molecular complexity index is 1690. The molecule has 0 radical (unpaired) electrons. The first-order chi connectivity index (χ1) is 18.4. The van der Waals surface area contributed by atoms with Crippen LogP contribution >= 0.6 is 0 Å². The number of H-pyrrole nitrogens is 1. The summed E-state index contributed by atoms with van der Waals surface area (Å²) in [6.07, 6.45) is 6.70. The van der Waals surface area contributed by atoms with Crippen LogP contribution in [0, 0.1) is 0 Å². The van der Waals surface area contributed by atoms with Crippen molar-refractivity contribution in [1.82, 2.24) is 9.55 Å². The number of methoxy groups -OCH3 is 3. The van der Waals surface area contributed by atoms with Gasteiger partial charge in [0.25, 0.3) is 5.56 Å². The summed E-state index contributed by atoms with van der Waals surface area (Å²) in [6.45, 7) is 5.61. The van der Waals surface area contributed by atoms with Crippen molar-refractivity contribution in [3.8, 4) is 11.5 Å². The van der Waals surface area contributed by atoms with Gasteiger partial charge in [0, 0.05) is 11.5 Å². The third-order valence-corrected chi connectivity index (χ3v) is 7.03. The lowest BCUT2D eigenvalue weighted by molar-refractivity contribution is -0.136. The molecular weight excluding hydrogens is 482 g/mol. The number of rotatable bonds is 7. The van der Waals surface area contributed by atoms with Gasteiger partial charge in [-0.1, -0.05) is 36.4 Å². The van der Waals surface area contributed by atoms with Gasteiger partial charge in [-0.15, -0.1) is 6.58 Å². The molecule has 2 aromatic carbocycles. The molecule has 2 unspecified atom stereocenters. The number of benzene rings is 2. The van der Waals surface area contributed by atoms with E-state index in [-0.39, 0.29) is 17.1 Å². The molecule has 0 saturated heterocycles. The molecule has 0 spiro atoms. The molecule has 1 aromatic heterocycles. The third-order valence-electron chi connectivity index (χ3n) is 7.03. The highest BCUT2D eigenvalue weighted by Crippen LogP contribution is 2.39. The number of aromatic amines is 1. The standard InChI is InChI=1S/C30H29N3O5/c1-6-9-18-14-19(22-11-8-7-10-21(18)22)15-24-28(34)33-27(23-16-20(36-3)12-13-25(23)37-4)26(29(35)38-5)17(2)31-30(33)32-24/h6-8,10-16,18,27H,1,9H2,2-5H3,(H,31,32). The Kier molecular flexibility index (Phi) is 6.63. The molecule has 194 valence electrons. The highest BCUT2D eigenvalue weighted by atomic mass is 16.5. The summed E-state index contributed by atoms with van der Waals surface area (Å²) in [4.78, 5) is 34.7. The van der Waals surface area contributed by atoms with E-state index >= 15 is 0 Å². The van der Waals surface area contributed by atoms with Crippen LogP contribution in [0.25, 0.3) is 11.6 Å². The zero-order chi connectivity index (χ0) is 27.0. The molecule has 2 heterocycles. The average Bonchev–Trinajstić information content (AvgIpc) is 3.43. The lowest BCUT2D eigenvalue weighted by atomic mass is 9.94. The Balaban J connectivity index is 1.75. The first-order valence-electron chi connectivity index (χ1n) is 12.3. The second-order valence-electron chi connectivity index (χ2n) is 9.13.